The maximum atomic E-state index is 13.1. The van der Waals surface area contributed by atoms with Crippen LogP contribution in [-0.4, -0.2) is 17.4 Å². The van der Waals surface area contributed by atoms with Crippen molar-refractivity contribution in [1.29, 1.82) is 0 Å². The van der Waals surface area contributed by atoms with E-state index in [1.165, 1.54) is 0 Å². The first kappa shape index (κ1) is 13.4. The molecule has 1 amide bonds. The third kappa shape index (κ3) is 2.86. The van der Waals surface area contributed by atoms with Crippen molar-refractivity contribution in [2.24, 2.45) is 5.41 Å². The van der Waals surface area contributed by atoms with Crippen LogP contribution < -0.4 is 5.32 Å². The molecule has 0 atom stereocenters. The van der Waals surface area contributed by atoms with Crippen LogP contribution in [-0.2, 0) is 0 Å². The number of carbonyl (C=O) groups excluding carboxylic acids is 1. The number of nitro benzene ring substituents is 1. The summed E-state index contributed by atoms with van der Waals surface area (Å²) in [5, 5.41) is 13.3. The van der Waals surface area contributed by atoms with Gasteiger partial charge in [0.1, 0.15) is 5.56 Å². The van der Waals surface area contributed by atoms with Gasteiger partial charge in [0.2, 0.25) is 0 Å². The molecular formula is C12H12F2N2O3. The van der Waals surface area contributed by atoms with Gasteiger partial charge in [-0.1, -0.05) is 6.92 Å². The number of halogens is 2. The highest BCUT2D eigenvalue weighted by Gasteiger charge is 2.37. The molecule has 0 radical (unpaired) electrons. The van der Waals surface area contributed by atoms with E-state index in [1.807, 2.05) is 6.92 Å². The van der Waals surface area contributed by atoms with Crippen LogP contribution in [0.1, 0.15) is 30.1 Å². The highest BCUT2D eigenvalue weighted by molar-refractivity contribution is 5.98. The van der Waals surface area contributed by atoms with Crippen LogP contribution >= 0.6 is 0 Å². The summed E-state index contributed by atoms with van der Waals surface area (Å²) in [5.74, 6) is -3.40. The molecule has 1 aliphatic carbocycles. The predicted octanol–water partition coefficient (Wildman–Crippen LogP) is 2.40. The average molecular weight is 270 g/mol. The molecule has 2 rings (SSSR count). The van der Waals surface area contributed by atoms with Crippen LogP contribution in [0.3, 0.4) is 0 Å². The van der Waals surface area contributed by atoms with E-state index in [0.717, 1.165) is 12.8 Å². The Hall–Kier alpha value is -2.05. The third-order valence-corrected chi connectivity index (χ3v) is 3.26. The average Bonchev–Trinajstić information content (AvgIpc) is 3.07. The lowest BCUT2D eigenvalue weighted by atomic mass is 10.1. The molecule has 1 aromatic rings. The van der Waals surface area contributed by atoms with E-state index < -0.39 is 33.7 Å². The summed E-state index contributed by atoms with van der Waals surface area (Å²) in [7, 11) is 0. The zero-order valence-corrected chi connectivity index (χ0v) is 10.2. The molecular weight excluding hydrogens is 258 g/mol. The lowest BCUT2D eigenvalue weighted by Gasteiger charge is -2.10. The van der Waals surface area contributed by atoms with Crippen molar-refractivity contribution >= 4 is 11.6 Å². The number of nitrogens with zero attached hydrogens (tertiary/aromatic N) is 1. The molecule has 19 heavy (non-hydrogen) atoms. The second kappa shape index (κ2) is 4.56. The van der Waals surface area contributed by atoms with Crippen molar-refractivity contribution in [3.05, 3.63) is 39.4 Å². The molecule has 0 unspecified atom stereocenters. The first-order chi connectivity index (χ1) is 8.82. The number of hydrogen-bond donors (Lipinski definition) is 1. The van der Waals surface area contributed by atoms with Crippen molar-refractivity contribution in [1.82, 2.24) is 5.32 Å². The van der Waals surface area contributed by atoms with E-state index in [1.54, 1.807) is 0 Å². The summed E-state index contributed by atoms with van der Waals surface area (Å²) in [6, 6.07) is 0.973. The Kier molecular flexibility index (Phi) is 3.21. The topological polar surface area (TPSA) is 72.2 Å². The quantitative estimate of drug-likeness (QED) is 0.674. The van der Waals surface area contributed by atoms with Gasteiger partial charge in [0.05, 0.1) is 11.0 Å². The third-order valence-electron chi connectivity index (χ3n) is 3.26. The van der Waals surface area contributed by atoms with Crippen molar-refractivity contribution in [3.8, 4) is 0 Å². The van der Waals surface area contributed by atoms with E-state index in [-0.39, 0.29) is 5.41 Å². The lowest BCUT2D eigenvalue weighted by Crippen LogP contribution is -2.29. The normalized spacial score (nSPS) is 15.9. The molecule has 0 aromatic heterocycles. The number of benzene rings is 1. The number of amides is 1. The van der Waals surface area contributed by atoms with Gasteiger partial charge in [0.15, 0.2) is 11.6 Å². The number of rotatable bonds is 4. The Balaban J connectivity index is 2.24. The lowest BCUT2D eigenvalue weighted by molar-refractivity contribution is -0.385. The van der Waals surface area contributed by atoms with Crippen molar-refractivity contribution in [3.63, 3.8) is 0 Å². The van der Waals surface area contributed by atoms with Gasteiger partial charge >= 0.3 is 0 Å². The zero-order valence-electron chi connectivity index (χ0n) is 10.2. The molecule has 0 saturated heterocycles. The predicted molar refractivity (Wildman–Crippen MR) is 62.7 cm³/mol. The van der Waals surface area contributed by atoms with Crippen LogP contribution in [0.4, 0.5) is 14.5 Å². The van der Waals surface area contributed by atoms with Crippen LogP contribution in [0.2, 0.25) is 0 Å². The van der Waals surface area contributed by atoms with Crippen molar-refractivity contribution < 1.29 is 18.5 Å². The Morgan fingerprint density at radius 3 is 2.53 bits per heavy atom. The minimum Gasteiger partial charge on any atom is -0.351 e. The maximum Gasteiger partial charge on any atom is 0.285 e. The van der Waals surface area contributed by atoms with Crippen LogP contribution in [0.25, 0.3) is 0 Å². The molecule has 0 heterocycles. The van der Waals surface area contributed by atoms with Gasteiger partial charge in [-0.15, -0.1) is 0 Å². The Bertz CT molecular complexity index is 556. The molecule has 0 bridgehead atoms. The number of carbonyl (C=O) groups is 1. The van der Waals surface area contributed by atoms with Gasteiger partial charge in [-0.05, 0) is 24.3 Å². The maximum absolute atomic E-state index is 13.1. The van der Waals surface area contributed by atoms with E-state index >= 15 is 0 Å². The van der Waals surface area contributed by atoms with Gasteiger partial charge < -0.3 is 5.32 Å². The van der Waals surface area contributed by atoms with Gasteiger partial charge in [0.25, 0.3) is 11.6 Å². The molecule has 1 saturated carbocycles. The van der Waals surface area contributed by atoms with Gasteiger partial charge in [0, 0.05) is 6.54 Å². The Morgan fingerprint density at radius 2 is 2.00 bits per heavy atom. The summed E-state index contributed by atoms with van der Waals surface area (Å²) < 4.78 is 26.0. The second-order valence-corrected chi connectivity index (χ2v) is 5.03. The minimum atomic E-state index is -1.35. The second-order valence-electron chi connectivity index (χ2n) is 5.03. The molecule has 1 aliphatic rings. The summed E-state index contributed by atoms with van der Waals surface area (Å²) in [6.45, 7) is 2.33. The number of hydrogen-bond acceptors (Lipinski definition) is 3. The summed E-state index contributed by atoms with van der Waals surface area (Å²) >= 11 is 0. The van der Waals surface area contributed by atoms with Gasteiger partial charge in [-0.3, -0.25) is 14.9 Å². The van der Waals surface area contributed by atoms with Gasteiger partial charge in [-0.2, -0.15) is 0 Å². The fourth-order valence-electron chi connectivity index (χ4n) is 1.65. The van der Waals surface area contributed by atoms with E-state index in [4.69, 9.17) is 0 Å². The largest absolute Gasteiger partial charge is 0.351 e. The number of nitrogens with one attached hydrogen (secondary N) is 1. The standard InChI is InChI=1S/C12H12F2N2O3/c1-12(2-3-12)6-15-11(17)7-4-8(13)9(14)5-10(7)16(18)19/h4-5H,2-3,6H2,1H3,(H,15,17). The highest BCUT2D eigenvalue weighted by Crippen LogP contribution is 2.44. The monoisotopic (exact) mass is 270 g/mol. The first-order valence-electron chi connectivity index (χ1n) is 5.74. The molecule has 0 aliphatic heterocycles. The van der Waals surface area contributed by atoms with Crippen molar-refractivity contribution in [2.75, 3.05) is 6.54 Å². The molecule has 0 spiro atoms. The first-order valence-corrected chi connectivity index (χ1v) is 5.74. The summed E-state index contributed by atoms with van der Waals surface area (Å²) in [6.07, 6.45) is 1.93. The fourth-order valence-corrected chi connectivity index (χ4v) is 1.65. The summed E-state index contributed by atoms with van der Waals surface area (Å²) in [4.78, 5) is 21.6. The van der Waals surface area contributed by atoms with Gasteiger partial charge in [-0.25, -0.2) is 8.78 Å². The SMILES string of the molecule is CC1(CNC(=O)c2cc(F)c(F)cc2[N+](=O)[O-])CC1. The molecule has 1 fully saturated rings. The molecule has 1 N–H and O–H groups in total. The smallest absolute Gasteiger partial charge is 0.285 e. The molecule has 102 valence electrons. The molecule has 5 nitrogen and oxygen atoms in total. The van der Waals surface area contributed by atoms with E-state index in [9.17, 15) is 23.7 Å². The van der Waals surface area contributed by atoms with Crippen LogP contribution in [0.15, 0.2) is 12.1 Å². The zero-order chi connectivity index (χ0) is 14.2. The Labute approximate surface area is 107 Å². The molecule has 7 heteroatoms. The minimum absolute atomic E-state index is 0.0169. The summed E-state index contributed by atoms with van der Waals surface area (Å²) in [5.41, 5.74) is -1.19. The molecule has 1 aromatic carbocycles. The highest BCUT2D eigenvalue weighted by atomic mass is 19.2. The van der Waals surface area contributed by atoms with E-state index in [2.05, 4.69) is 5.32 Å². The Morgan fingerprint density at radius 1 is 1.42 bits per heavy atom. The number of nitro groups is 1. The van der Waals surface area contributed by atoms with Crippen molar-refractivity contribution in [2.45, 2.75) is 19.8 Å². The van der Waals surface area contributed by atoms with Crippen LogP contribution in [0, 0.1) is 27.2 Å². The van der Waals surface area contributed by atoms with Crippen LogP contribution in [0.5, 0.6) is 0 Å². The van der Waals surface area contributed by atoms with E-state index in [0.29, 0.717) is 18.7 Å². The fraction of sp³-hybridized carbons (Fsp3) is 0.417.